The van der Waals surface area contributed by atoms with Crippen molar-refractivity contribution in [3.8, 4) is 0 Å². The molecule has 0 atom stereocenters. The average molecular weight is 298 g/mol. The first-order valence-corrected chi connectivity index (χ1v) is 8.62. The third-order valence-electron chi connectivity index (χ3n) is 3.06. The second kappa shape index (κ2) is 5.90. The van der Waals surface area contributed by atoms with Crippen LogP contribution in [0.5, 0.6) is 0 Å². The van der Waals surface area contributed by atoms with Crippen molar-refractivity contribution in [1.82, 2.24) is 8.87 Å². The Labute approximate surface area is 118 Å². The maximum atomic E-state index is 12.2. The predicted molar refractivity (Wildman–Crippen MR) is 78.4 cm³/mol. The lowest BCUT2D eigenvalue weighted by Gasteiger charge is -2.21. The lowest BCUT2D eigenvalue weighted by Crippen LogP contribution is -2.31. The van der Waals surface area contributed by atoms with Gasteiger partial charge in [0, 0.05) is 30.4 Å². The van der Waals surface area contributed by atoms with E-state index in [9.17, 15) is 8.42 Å². The molecule has 0 saturated heterocycles. The molecule has 0 bridgehead atoms. The average Bonchev–Trinajstić information content (AvgIpc) is 3.01. The number of sulfonamides is 1. The molecule has 0 unspecified atom stereocenters. The summed E-state index contributed by atoms with van der Waals surface area (Å²) >= 11 is 1.58. The van der Waals surface area contributed by atoms with Gasteiger partial charge in [-0.25, -0.2) is 8.42 Å². The van der Waals surface area contributed by atoms with Gasteiger partial charge in [0.05, 0.1) is 12.3 Å². The Balaban J connectivity index is 2.22. The van der Waals surface area contributed by atoms with Crippen LogP contribution in [0.1, 0.15) is 17.5 Å². The molecule has 0 saturated carbocycles. The van der Waals surface area contributed by atoms with E-state index in [-0.39, 0.29) is 5.75 Å². The second-order valence-electron chi connectivity index (χ2n) is 4.36. The highest BCUT2D eigenvalue weighted by Gasteiger charge is 2.21. The molecule has 2 aromatic rings. The molecule has 0 aliphatic heterocycles. The first kappa shape index (κ1) is 14.3. The third kappa shape index (κ3) is 3.46. The summed E-state index contributed by atoms with van der Waals surface area (Å²) in [5.74, 6) is 0.128. The number of aryl methyl sites for hydroxylation is 1. The van der Waals surface area contributed by atoms with E-state index in [1.807, 2.05) is 47.5 Å². The monoisotopic (exact) mass is 298 g/mol. The highest BCUT2D eigenvalue weighted by molar-refractivity contribution is 7.89. The van der Waals surface area contributed by atoms with E-state index in [2.05, 4.69) is 0 Å². The van der Waals surface area contributed by atoms with E-state index < -0.39 is 10.0 Å². The molecule has 2 heterocycles. The number of hydrogen-bond donors (Lipinski definition) is 0. The summed E-state index contributed by atoms with van der Waals surface area (Å²) in [5, 5.41) is 1.97. The SMILES string of the molecule is CCS(=O)(=O)N(Cc1cccs1)Cc1cccn1C. The molecule has 0 spiro atoms. The van der Waals surface area contributed by atoms with Gasteiger partial charge in [-0.05, 0) is 30.5 Å². The van der Waals surface area contributed by atoms with Gasteiger partial charge in [0.2, 0.25) is 10.0 Å². The quantitative estimate of drug-likeness (QED) is 0.822. The Hall–Kier alpha value is -1.11. The van der Waals surface area contributed by atoms with Gasteiger partial charge in [-0.2, -0.15) is 4.31 Å². The normalized spacial score (nSPS) is 12.2. The van der Waals surface area contributed by atoms with E-state index in [1.165, 1.54) is 0 Å². The lowest BCUT2D eigenvalue weighted by atomic mass is 10.4. The maximum absolute atomic E-state index is 12.2. The van der Waals surface area contributed by atoms with Gasteiger partial charge < -0.3 is 4.57 Å². The molecule has 0 aliphatic rings. The van der Waals surface area contributed by atoms with Crippen LogP contribution in [0.25, 0.3) is 0 Å². The highest BCUT2D eigenvalue weighted by atomic mass is 32.2. The van der Waals surface area contributed by atoms with Crippen molar-refractivity contribution in [3.63, 3.8) is 0 Å². The molecule has 6 heteroatoms. The fraction of sp³-hybridized carbons (Fsp3) is 0.385. The molecule has 0 radical (unpaired) electrons. The van der Waals surface area contributed by atoms with Crippen molar-refractivity contribution in [3.05, 3.63) is 46.4 Å². The van der Waals surface area contributed by atoms with Crippen molar-refractivity contribution in [2.24, 2.45) is 7.05 Å². The molecule has 0 amide bonds. The van der Waals surface area contributed by atoms with E-state index in [1.54, 1.807) is 22.6 Å². The Kier molecular flexibility index (Phi) is 4.44. The molecule has 2 rings (SSSR count). The smallest absolute Gasteiger partial charge is 0.214 e. The van der Waals surface area contributed by atoms with Gasteiger partial charge in [0.1, 0.15) is 0 Å². The molecule has 0 aromatic carbocycles. The Bertz CT molecular complexity index is 615. The number of nitrogens with zero attached hydrogens (tertiary/aromatic N) is 2. The minimum absolute atomic E-state index is 0.128. The standard InChI is InChI=1S/C13H18N2O2S2/c1-3-19(16,17)15(11-13-7-5-9-18-13)10-12-6-4-8-14(12)2/h4-9H,3,10-11H2,1-2H3. The van der Waals surface area contributed by atoms with Crippen molar-refractivity contribution >= 4 is 21.4 Å². The number of aromatic nitrogens is 1. The Morgan fingerprint density at radius 2 is 2.05 bits per heavy atom. The van der Waals surface area contributed by atoms with Crippen LogP contribution >= 0.6 is 11.3 Å². The van der Waals surface area contributed by atoms with Crippen LogP contribution in [0, 0.1) is 0 Å². The summed E-state index contributed by atoms with van der Waals surface area (Å²) in [6.45, 7) is 2.54. The molecule has 0 aliphatic carbocycles. The first-order chi connectivity index (χ1) is 9.03. The van der Waals surface area contributed by atoms with Gasteiger partial charge in [0.25, 0.3) is 0 Å². The van der Waals surface area contributed by atoms with Crippen LogP contribution in [0.2, 0.25) is 0 Å². The molecule has 0 fully saturated rings. The van der Waals surface area contributed by atoms with Gasteiger partial charge in [-0.1, -0.05) is 6.07 Å². The largest absolute Gasteiger partial charge is 0.353 e. The fourth-order valence-corrected chi connectivity index (χ4v) is 3.68. The summed E-state index contributed by atoms with van der Waals surface area (Å²) in [6, 6.07) is 7.79. The third-order valence-corrected chi connectivity index (χ3v) is 5.70. The molecule has 2 aromatic heterocycles. The van der Waals surface area contributed by atoms with Crippen LogP contribution in [-0.2, 0) is 30.2 Å². The number of hydrogen-bond acceptors (Lipinski definition) is 3. The van der Waals surface area contributed by atoms with Crippen molar-refractivity contribution in [1.29, 1.82) is 0 Å². The zero-order valence-electron chi connectivity index (χ0n) is 11.1. The Morgan fingerprint density at radius 1 is 1.26 bits per heavy atom. The zero-order chi connectivity index (χ0) is 13.9. The van der Waals surface area contributed by atoms with Crippen molar-refractivity contribution in [2.45, 2.75) is 20.0 Å². The van der Waals surface area contributed by atoms with Crippen molar-refractivity contribution < 1.29 is 8.42 Å². The molecule has 0 N–H and O–H groups in total. The molecule has 104 valence electrons. The topological polar surface area (TPSA) is 42.3 Å². The zero-order valence-corrected chi connectivity index (χ0v) is 12.7. The summed E-state index contributed by atoms with van der Waals surface area (Å²) in [5.41, 5.74) is 0.994. The summed E-state index contributed by atoms with van der Waals surface area (Å²) < 4.78 is 27.9. The molecule has 19 heavy (non-hydrogen) atoms. The second-order valence-corrected chi connectivity index (χ2v) is 7.65. The van der Waals surface area contributed by atoms with Gasteiger partial charge >= 0.3 is 0 Å². The van der Waals surface area contributed by atoms with Crippen LogP contribution < -0.4 is 0 Å². The van der Waals surface area contributed by atoms with Crippen LogP contribution in [-0.4, -0.2) is 23.0 Å². The first-order valence-electron chi connectivity index (χ1n) is 6.13. The lowest BCUT2D eigenvalue weighted by molar-refractivity contribution is 0.396. The van der Waals surface area contributed by atoms with Gasteiger partial charge in [0.15, 0.2) is 0 Å². The highest BCUT2D eigenvalue weighted by Crippen LogP contribution is 2.17. The predicted octanol–water partition coefficient (Wildman–Crippen LogP) is 2.44. The van der Waals surface area contributed by atoms with Gasteiger partial charge in [-0.15, -0.1) is 11.3 Å². The fourth-order valence-electron chi connectivity index (χ4n) is 1.85. The number of rotatable bonds is 6. The van der Waals surface area contributed by atoms with Crippen molar-refractivity contribution in [2.75, 3.05) is 5.75 Å². The van der Waals surface area contributed by atoms with Crippen LogP contribution in [0.15, 0.2) is 35.8 Å². The molecular weight excluding hydrogens is 280 g/mol. The minimum Gasteiger partial charge on any atom is -0.353 e. The van der Waals surface area contributed by atoms with E-state index >= 15 is 0 Å². The molecule has 4 nitrogen and oxygen atoms in total. The van der Waals surface area contributed by atoms with E-state index in [0.29, 0.717) is 13.1 Å². The van der Waals surface area contributed by atoms with E-state index in [4.69, 9.17) is 0 Å². The summed E-state index contributed by atoms with van der Waals surface area (Å²) in [4.78, 5) is 1.06. The molecular formula is C13H18N2O2S2. The Morgan fingerprint density at radius 3 is 2.58 bits per heavy atom. The maximum Gasteiger partial charge on any atom is 0.214 e. The minimum atomic E-state index is -3.20. The van der Waals surface area contributed by atoms with Gasteiger partial charge in [-0.3, -0.25) is 0 Å². The summed E-state index contributed by atoms with van der Waals surface area (Å²) in [6.07, 6.45) is 1.93. The van der Waals surface area contributed by atoms with Crippen LogP contribution in [0.4, 0.5) is 0 Å². The summed E-state index contributed by atoms with van der Waals surface area (Å²) in [7, 11) is -1.27. The van der Waals surface area contributed by atoms with E-state index in [0.717, 1.165) is 10.6 Å². The number of thiophene rings is 1. The van der Waals surface area contributed by atoms with Crippen LogP contribution in [0.3, 0.4) is 0 Å².